The number of nitrogens with one attached hydrogen (secondary N) is 1. The second-order valence-corrected chi connectivity index (χ2v) is 5.36. The molecule has 1 saturated heterocycles. The average Bonchev–Trinajstić information content (AvgIpc) is 2.66. The molecule has 1 aliphatic rings. The lowest BCUT2D eigenvalue weighted by molar-refractivity contribution is -0.138. The predicted octanol–water partition coefficient (Wildman–Crippen LogP) is 2.78. The molecule has 1 aliphatic heterocycles. The molecule has 1 aromatic carbocycles. The van der Waals surface area contributed by atoms with Crippen LogP contribution < -0.4 is 5.32 Å². The zero-order valence-electron chi connectivity index (χ0n) is 8.11. The van der Waals surface area contributed by atoms with Crippen molar-refractivity contribution in [1.82, 2.24) is 5.32 Å². The van der Waals surface area contributed by atoms with E-state index in [2.05, 4.69) is 5.32 Å². The maximum absolute atomic E-state index is 10.8. The number of aliphatic carboxylic acids is 1. The van der Waals surface area contributed by atoms with Crippen molar-refractivity contribution >= 4 is 40.9 Å². The van der Waals surface area contributed by atoms with Crippen molar-refractivity contribution in [2.24, 2.45) is 0 Å². The summed E-state index contributed by atoms with van der Waals surface area (Å²) in [7, 11) is 0. The van der Waals surface area contributed by atoms with Crippen LogP contribution in [0.25, 0.3) is 0 Å². The van der Waals surface area contributed by atoms with Gasteiger partial charge in [0.25, 0.3) is 0 Å². The van der Waals surface area contributed by atoms with Gasteiger partial charge >= 0.3 is 5.97 Å². The molecule has 2 rings (SSSR count). The van der Waals surface area contributed by atoms with E-state index in [0.29, 0.717) is 15.8 Å². The quantitative estimate of drug-likeness (QED) is 0.873. The third-order valence-corrected chi connectivity index (χ3v) is 4.23. The Morgan fingerprint density at radius 3 is 2.56 bits per heavy atom. The van der Waals surface area contributed by atoms with Gasteiger partial charge in [-0.05, 0) is 12.1 Å². The van der Waals surface area contributed by atoms with Gasteiger partial charge in [-0.25, -0.2) is 0 Å². The normalized spacial score (nSPS) is 24.6. The summed E-state index contributed by atoms with van der Waals surface area (Å²) >= 11 is 13.6. The molecule has 1 unspecified atom stereocenters. The molecule has 0 amide bonds. The molecule has 0 aliphatic carbocycles. The Kier molecular flexibility index (Phi) is 3.64. The zero-order valence-corrected chi connectivity index (χ0v) is 10.4. The zero-order chi connectivity index (χ0) is 11.7. The van der Waals surface area contributed by atoms with Crippen molar-refractivity contribution in [3.8, 4) is 0 Å². The summed E-state index contributed by atoms with van der Waals surface area (Å²) in [5, 5.41) is 12.8. The number of halogens is 2. The highest BCUT2D eigenvalue weighted by atomic mass is 35.5. The fourth-order valence-electron chi connectivity index (χ4n) is 1.54. The maximum atomic E-state index is 10.8. The Bertz CT molecular complexity index is 407. The Morgan fingerprint density at radius 1 is 1.44 bits per heavy atom. The standard InChI is InChI=1S/C10H9Cl2NO2S/c11-5-2-1-3-6(12)8(5)9-13-7(4-16-9)10(14)15/h1-3,7,9,13H,4H2,(H,14,15)/t7-,9?/m1/s1. The van der Waals surface area contributed by atoms with Crippen molar-refractivity contribution in [3.05, 3.63) is 33.8 Å². The van der Waals surface area contributed by atoms with Gasteiger partial charge < -0.3 is 5.11 Å². The SMILES string of the molecule is O=C(O)[C@H]1CSC(c2c(Cl)cccc2Cl)N1. The topological polar surface area (TPSA) is 49.3 Å². The number of carboxylic acid groups (broad SMARTS) is 1. The van der Waals surface area contributed by atoms with Crippen LogP contribution in [0.5, 0.6) is 0 Å². The van der Waals surface area contributed by atoms with Gasteiger partial charge in [-0.3, -0.25) is 10.1 Å². The van der Waals surface area contributed by atoms with Gasteiger partial charge in [0, 0.05) is 21.4 Å². The summed E-state index contributed by atoms with van der Waals surface area (Å²) in [6.45, 7) is 0. The monoisotopic (exact) mass is 277 g/mol. The number of carbonyl (C=O) groups is 1. The maximum Gasteiger partial charge on any atom is 0.321 e. The number of benzene rings is 1. The molecule has 86 valence electrons. The first-order valence-electron chi connectivity index (χ1n) is 4.64. The van der Waals surface area contributed by atoms with Gasteiger partial charge in [0.15, 0.2) is 0 Å². The molecule has 3 nitrogen and oxygen atoms in total. The first kappa shape index (κ1) is 12.0. The first-order chi connectivity index (χ1) is 7.59. The molecule has 6 heteroatoms. The van der Waals surface area contributed by atoms with Crippen LogP contribution in [0, 0.1) is 0 Å². The molecule has 0 aromatic heterocycles. The van der Waals surface area contributed by atoms with Gasteiger partial charge in [0.05, 0.1) is 5.37 Å². The predicted molar refractivity (Wildman–Crippen MR) is 66.2 cm³/mol. The Morgan fingerprint density at radius 2 is 2.06 bits per heavy atom. The number of hydrogen-bond donors (Lipinski definition) is 2. The van der Waals surface area contributed by atoms with E-state index < -0.39 is 12.0 Å². The average molecular weight is 278 g/mol. The smallest absolute Gasteiger partial charge is 0.321 e. The van der Waals surface area contributed by atoms with Crippen LogP contribution in [-0.4, -0.2) is 22.9 Å². The summed E-state index contributed by atoms with van der Waals surface area (Å²) in [5.74, 6) is -0.333. The van der Waals surface area contributed by atoms with E-state index in [1.165, 1.54) is 11.8 Å². The van der Waals surface area contributed by atoms with Crippen molar-refractivity contribution in [1.29, 1.82) is 0 Å². The van der Waals surface area contributed by atoms with E-state index in [4.69, 9.17) is 28.3 Å². The minimum absolute atomic E-state index is 0.151. The summed E-state index contributed by atoms with van der Waals surface area (Å²) in [6.07, 6.45) is 0. The molecule has 0 saturated carbocycles. The van der Waals surface area contributed by atoms with Gasteiger partial charge in [0.1, 0.15) is 6.04 Å². The first-order valence-corrected chi connectivity index (χ1v) is 6.44. The molecular formula is C10H9Cl2NO2S. The van der Waals surface area contributed by atoms with Crippen LogP contribution in [0.4, 0.5) is 0 Å². The Balaban J connectivity index is 2.24. The molecule has 1 fully saturated rings. The van der Waals surface area contributed by atoms with E-state index in [-0.39, 0.29) is 5.37 Å². The largest absolute Gasteiger partial charge is 0.480 e. The molecule has 2 N–H and O–H groups in total. The van der Waals surface area contributed by atoms with E-state index in [1.54, 1.807) is 18.2 Å². The van der Waals surface area contributed by atoms with Crippen LogP contribution in [0.3, 0.4) is 0 Å². The highest BCUT2D eigenvalue weighted by Gasteiger charge is 2.32. The highest BCUT2D eigenvalue weighted by Crippen LogP contribution is 2.40. The second-order valence-electron chi connectivity index (χ2n) is 3.41. The number of rotatable bonds is 2. The highest BCUT2D eigenvalue weighted by molar-refractivity contribution is 7.99. The van der Waals surface area contributed by atoms with Crippen LogP contribution >= 0.6 is 35.0 Å². The minimum atomic E-state index is -0.849. The van der Waals surface area contributed by atoms with E-state index in [9.17, 15) is 4.79 Å². The summed E-state index contributed by atoms with van der Waals surface area (Å²) < 4.78 is 0. The molecule has 1 heterocycles. The van der Waals surface area contributed by atoms with Crippen LogP contribution in [0.2, 0.25) is 10.0 Å². The van der Waals surface area contributed by atoms with Crippen molar-refractivity contribution in [2.75, 3.05) is 5.75 Å². The fraction of sp³-hybridized carbons (Fsp3) is 0.300. The molecule has 0 spiro atoms. The summed E-state index contributed by atoms with van der Waals surface area (Å²) in [6, 6.07) is 4.73. The number of thioether (sulfide) groups is 1. The number of carboxylic acids is 1. The van der Waals surface area contributed by atoms with Gasteiger partial charge in [-0.1, -0.05) is 29.3 Å². The van der Waals surface area contributed by atoms with Crippen LogP contribution in [-0.2, 0) is 4.79 Å². The molecule has 0 radical (unpaired) electrons. The third-order valence-electron chi connectivity index (χ3n) is 2.34. The van der Waals surface area contributed by atoms with E-state index >= 15 is 0 Å². The van der Waals surface area contributed by atoms with Gasteiger partial charge in [-0.2, -0.15) is 0 Å². The minimum Gasteiger partial charge on any atom is -0.480 e. The number of hydrogen-bond acceptors (Lipinski definition) is 3. The van der Waals surface area contributed by atoms with Crippen molar-refractivity contribution < 1.29 is 9.90 Å². The fourth-order valence-corrected chi connectivity index (χ4v) is 3.59. The third kappa shape index (κ3) is 2.30. The lowest BCUT2D eigenvalue weighted by atomic mass is 10.2. The van der Waals surface area contributed by atoms with Crippen LogP contribution in [0.15, 0.2) is 18.2 Å². The Labute approximate surface area is 107 Å². The Hall–Kier alpha value is -0.420. The molecule has 0 bridgehead atoms. The van der Waals surface area contributed by atoms with Gasteiger partial charge in [-0.15, -0.1) is 11.8 Å². The van der Waals surface area contributed by atoms with Crippen molar-refractivity contribution in [3.63, 3.8) is 0 Å². The molecular weight excluding hydrogens is 269 g/mol. The summed E-state index contributed by atoms with van der Waals surface area (Å²) in [5.41, 5.74) is 0.764. The van der Waals surface area contributed by atoms with E-state index in [1.807, 2.05) is 0 Å². The molecule has 2 atom stereocenters. The lowest BCUT2D eigenvalue weighted by Crippen LogP contribution is -2.33. The van der Waals surface area contributed by atoms with E-state index in [0.717, 1.165) is 5.56 Å². The summed E-state index contributed by atoms with van der Waals surface area (Å²) in [4.78, 5) is 10.8. The van der Waals surface area contributed by atoms with Gasteiger partial charge in [0.2, 0.25) is 0 Å². The van der Waals surface area contributed by atoms with Crippen molar-refractivity contribution in [2.45, 2.75) is 11.4 Å². The second kappa shape index (κ2) is 4.84. The van der Waals surface area contributed by atoms with Crippen LogP contribution in [0.1, 0.15) is 10.9 Å². The molecule has 16 heavy (non-hydrogen) atoms. The molecule has 1 aromatic rings. The lowest BCUT2D eigenvalue weighted by Gasteiger charge is -2.14.